The van der Waals surface area contributed by atoms with Crippen LogP contribution in [-0.4, -0.2) is 15.6 Å². The quantitative estimate of drug-likeness (QED) is 0.804. The van der Waals surface area contributed by atoms with E-state index in [0.717, 1.165) is 17.0 Å². The SMILES string of the molecule is Cc1csc(=O)n1Cc1oc2ccccc2c1C(=O)O. The molecule has 0 saturated carbocycles. The third kappa shape index (κ3) is 1.94. The van der Waals surface area contributed by atoms with Gasteiger partial charge in [0.1, 0.15) is 16.9 Å². The maximum Gasteiger partial charge on any atom is 0.339 e. The number of hydrogen-bond acceptors (Lipinski definition) is 4. The minimum absolute atomic E-state index is 0.123. The summed E-state index contributed by atoms with van der Waals surface area (Å²) in [6.07, 6.45) is 0. The molecule has 0 aliphatic rings. The van der Waals surface area contributed by atoms with Gasteiger partial charge in [-0.1, -0.05) is 29.5 Å². The molecule has 2 aromatic heterocycles. The second kappa shape index (κ2) is 4.64. The zero-order chi connectivity index (χ0) is 14.3. The van der Waals surface area contributed by atoms with E-state index in [9.17, 15) is 14.7 Å². The van der Waals surface area contributed by atoms with Gasteiger partial charge < -0.3 is 9.52 Å². The third-order valence-corrected chi connectivity index (χ3v) is 4.04. The van der Waals surface area contributed by atoms with Crippen molar-refractivity contribution in [3.63, 3.8) is 0 Å². The largest absolute Gasteiger partial charge is 0.478 e. The van der Waals surface area contributed by atoms with Crippen molar-refractivity contribution in [1.82, 2.24) is 4.57 Å². The van der Waals surface area contributed by atoms with Crippen molar-refractivity contribution in [2.45, 2.75) is 13.5 Å². The van der Waals surface area contributed by atoms with Gasteiger partial charge in [-0.15, -0.1) is 0 Å². The lowest BCUT2D eigenvalue weighted by molar-refractivity contribution is 0.0696. The summed E-state index contributed by atoms with van der Waals surface area (Å²) >= 11 is 1.09. The lowest BCUT2D eigenvalue weighted by Crippen LogP contribution is -2.16. The number of furan rings is 1. The predicted molar refractivity (Wildman–Crippen MR) is 75.6 cm³/mol. The lowest BCUT2D eigenvalue weighted by Gasteiger charge is -2.02. The standard InChI is InChI=1S/C14H11NO4S/c1-8-7-20-14(18)15(8)6-11-12(13(16)17)9-4-2-3-5-10(9)19-11/h2-5,7H,6H2,1H3,(H,16,17). The van der Waals surface area contributed by atoms with Crippen molar-refractivity contribution >= 4 is 28.3 Å². The van der Waals surface area contributed by atoms with Gasteiger partial charge in [-0.25, -0.2) is 4.79 Å². The van der Waals surface area contributed by atoms with Crippen molar-refractivity contribution in [3.8, 4) is 0 Å². The van der Waals surface area contributed by atoms with Crippen LogP contribution in [0.25, 0.3) is 11.0 Å². The number of aryl methyl sites for hydroxylation is 1. The summed E-state index contributed by atoms with van der Waals surface area (Å²) in [5, 5.41) is 11.7. The maximum absolute atomic E-state index is 11.7. The highest BCUT2D eigenvalue weighted by molar-refractivity contribution is 7.07. The summed E-state index contributed by atoms with van der Waals surface area (Å²) in [6, 6.07) is 6.96. The predicted octanol–water partition coefficient (Wildman–Crippen LogP) is 2.71. The maximum atomic E-state index is 11.7. The van der Waals surface area contributed by atoms with Crippen LogP contribution < -0.4 is 4.87 Å². The van der Waals surface area contributed by atoms with E-state index in [4.69, 9.17) is 4.42 Å². The molecule has 102 valence electrons. The van der Waals surface area contributed by atoms with E-state index >= 15 is 0 Å². The van der Waals surface area contributed by atoms with Crippen LogP contribution in [-0.2, 0) is 6.54 Å². The molecule has 0 aliphatic carbocycles. The Morgan fingerprint density at radius 2 is 2.15 bits per heavy atom. The first-order valence-corrected chi connectivity index (χ1v) is 6.84. The topological polar surface area (TPSA) is 72.4 Å². The van der Waals surface area contributed by atoms with Crippen LogP contribution in [0.3, 0.4) is 0 Å². The van der Waals surface area contributed by atoms with E-state index in [1.165, 1.54) is 4.57 Å². The molecule has 0 spiro atoms. The molecule has 6 heteroatoms. The van der Waals surface area contributed by atoms with E-state index in [2.05, 4.69) is 0 Å². The van der Waals surface area contributed by atoms with E-state index in [1.807, 2.05) is 0 Å². The number of benzene rings is 1. The van der Waals surface area contributed by atoms with Gasteiger partial charge in [0.05, 0.1) is 6.54 Å². The fourth-order valence-corrected chi connectivity index (χ4v) is 2.92. The second-order valence-electron chi connectivity index (χ2n) is 4.43. The Balaban J connectivity index is 2.19. The molecule has 0 radical (unpaired) electrons. The van der Waals surface area contributed by atoms with Gasteiger partial charge in [-0.05, 0) is 13.0 Å². The van der Waals surface area contributed by atoms with Crippen LogP contribution >= 0.6 is 11.3 Å². The Bertz CT molecular complexity index is 856. The first-order valence-electron chi connectivity index (χ1n) is 5.96. The monoisotopic (exact) mass is 289 g/mol. The van der Waals surface area contributed by atoms with Gasteiger partial charge in [0.15, 0.2) is 0 Å². The highest BCUT2D eigenvalue weighted by Gasteiger charge is 2.21. The Labute approximate surface area is 117 Å². The summed E-state index contributed by atoms with van der Waals surface area (Å²) in [7, 11) is 0. The first-order chi connectivity index (χ1) is 9.58. The summed E-state index contributed by atoms with van der Waals surface area (Å²) in [5.41, 5.74) is 1.43. The van der Waals surface area contributed by atoms with Gasteiger partial charge in [-0.2, -0.15) is 0 Å². The van der Waals surface area contributed by atoms with Gasteiger partial charge in [0.25, 0.3) is 0 Å². The molecule has 0 fully saturated rings. The first kappa shape index (κ1) is 12.7. The fourth-order valence-electron chi connectivity index (χ4n) is 2.18. The van der Waals surface area contributed by atoms with Gasteiger partial charge in [-0.3, -0.25) is 9.36 Å². The Kier molecular flexibility index (Phi) is 2.94. The van der Waals surface area contributed by atoms with Crippen LogP contribution in [0.5, 0.6) is 0 Å². The average molecular weight is 289 g/mol. The zero-order valence-corrected chi connectivity index (χ0v) is 11.4. The molecule has 0 amide bonds. The number of fused-ring (bicyclic) bond motifs is 1. The van der Waals surface area contributed by atoms with Gasteiger partial charge >= 0.3 is 10.8 Å². The normalized spacial score (nSPS) is 11.1. The number of rotatable bonds is 3. The molecule has 3 rings (SSSR count). The summed E-state index contributed by atoms with van der Waals surface area (Å²) in [6.45, 7) is 1.94. The number of hydrogen-bond donors (Lipinski definition) is 1. The van der Waals surface area contributed by atoms with Crippen molar-refractivity contribution in [1.29, 1.82) is 0 Å². The molecule has 1 N–H and O–H groups in total. The Hall–Kier alpha value is -2.34. The van der Waals surface area contributed by atoms with Crippen molar-refractivity contribution in [2.24, 2.45) is 0 Å². The Morgan fingerprint density at radius 3 is 2.80 bits per heavy atom. The molecule has 3 aromatic rings. The molecule has 1 aromatic carbocycles. The smallest absolute Gasteiger partial charge is 0.339 e. The van der Waals surface area contributed by atoms with Crippen molar-refractivity contribution < 1.29 is 14.3 Å². The molecule has 0 atom stereocenters. The number of para-hydroxylation sites is 1. The van der Waals surface area contributed by atoms with Crippen LogP contribution in [0, 0.1) is 6.92 Å². The average Bonchev–Trinajstić information content (AvgIpc) is 2.93. The minimum Gasteiger partial charge on any atom is -0.478 e. The number of aromatic carboxylic acids is 1. The molecule has 0 saturated heterocycles. The van der Waals surface area contributed by atoms with E-state index in [0.29, 0.717) is 16.7 Å². The van der Waals surface area contributed by atoms with E-state index in [1.54, 1.807) is 36.6 Å². The summed E-state index contributed by atoms with van der Waals surface area (Å²) in [5.74, 6) is -0.756. The number of thiazole rings is 1. The summed E-state index contributed by atoms with van der Waals surface area (Å²) < 4.78 is 7.12. The van der Waals surface area contributed by atoms with E-state index in [-0.39, 0.29) is 17.0 Å². The van der Waals surface area contributed by atoms with Crippen molar-refractivity contribution in [2.75, 3.05) is 0 Å². The number of carboxylic acids is 1. The second-order valence-corrected chi connectivity index (χ2v) is 5.25. The molecule has 2 heterocycles. The van der Waals surface area contributed by atoms with Gasteiger partial charge in [0.2, 0.25) is 0 Å². The third-order valence-electron chi connectivity index (χ3n) is 3.16. The molecule has 0 aliphatic heterocycles. The molecule has 5 nitrogen and oxygen atoms in total. The van der Waals surface area contributed by atoms with Crippen LogP contribution in [0.1, 0.15) is 21.8 Å². The van der Waals surface area contributed by atoms with Crippen LogP contribution in [0.15, 0.2) is 38.9 Å². The van der Waals surface area contributed by atoms with Crippen molar-refractivity contribution in [3.05, 3.63) is 56.3 Å². The highest BCUT2D eigenvalue weighted by Crippen LogP contribution is 2.26. The fraction of sp³-hybridized carbons (Fsp3) is 0.143. The molecular formula is C14H11NO4S. The lowest BCUT2D eigenvalue weighted by atomic mass is 10.1. The molecular weight excluding hydrogens is 278 g/mol. The van der Waals surface area contributed by atoms with Crippen LogP contribution in [0.2, 0.25) is 0 Å². The number of carbonyl (C=O) groups is 1. The van der Waals surface area contributed by atoms with E-state index < -0.39 is 5.97 Å². The number of aromatic nitrogens is 1. The molecule has 20 heavy (non-hydrogen) atoms. The number of carboxylic acid groups (broad SMARTS) is 1. The molecule has 0 unspecified atom stereocenters. The highest BCUT2D eigenvalue weighted by atomic mass is 32.1. The Morgan fingerprint density at radius 1 is 1.40 bits per heavy atom. The summed E-state index contributed by atoms with van der Waals surface area (Å²) in [4.78, 5) is 23.1. The van der Waals surface area contributed by atoms with Gasteiger partial charge in [0, 0.05) is 16.5 Å². The minimum atomic E-state index is -1.05. The molecule has 0 bridgehead atoms. The zero-order valence-electron chi connectivity index (χ0n) is 10.6. The van der Waals surface area contributed by atoms with Crippen LogP contribution in [0.4, 0.5) is 0 Å². The number of nitrogens with zero attached hydrogens (tertiary/aromatic N) is 1.